The number of likely N-dealkylation sites (tertiary alicyclic amines) is 1. The number of nitrogens with one attached hydrogen (secondary N) is 4. The standard InChI is InChI=1S/C37H54N6O9S/c1-8-23-21-37(23,32(46)41-53(49,50)25-16-17-25)40-30(44)28-20-24(22-43(28)31(45)29(35(2,3)4)39-34(48)52-36(5,6)7)51-33(47)38-26-14-10-11-15-27(26)42-18-12-9-13-19-42/h8,10-11,14-15,23-25,28-29H,1,9,12-13,16-22H2,2-7H3,(H,38,47)(H,39,48)(H,40,44)(H,41,46)/t23?,24-,28+,29-,37?/m1/s1. The molecule has 0 aromatic heterocycles. The van der Waals surface area contributed by atoms with Crippen molar-refractivity contribution in [2.24, 2.45) is 11.3 Å². The summed E-state index contributed by atoms with van der Waals surface area (Å²) in [6.45, 7) is 15.6. The predicted octanol–water partition coefficient (Wildman–Crippen LogP) is 3.80. The van der Waals surface area contributed by atoms with Gasteiger partial charge in [0.15, 0.2) is 0 Å². The number of hydrogen-bond donors (Lipinski definition) is 4. The molecule has 4 aliphatic rings. The Bertz CT molecular complexity index is 1710. The highest BCUT2D eigenvalue weighted by Crippen LogP contribution is 2.45. The zero-order chi connectivity index (χ0) is 38.9. The fraction of sp³-hybridized carbons (Fsp3) is 0.649. The number of rotatable bonds is 11. The Hall–Kier alpha value is -4.34. The first-order valence-corrected chi connectivity index (χ1v) is 19.9. The lowest BCUT2D eigenvalue weighted by atomic mass is 9.85. The first-order chi connectivity index (χ1) is 24.7. The van der Waals surface area contributed by atoms with E-state index in [-0.39, 0.29) is 19.4 Å². The highest BCUT2D eigenvalue weighted by molar-refractivity contribution is 7.91. The van der Waals surface area contributed by atoms with Crippen molar-refractivity contribution in [2.45, 2.75) is 121 Å². The van der Waals surface area contributed by atoms with Crippen molar-refractivity contribution in [3.05, 3.63) is 36.9 Å². The van der Waals surface area contributed by atoms with Gasteiger partial charge in [0.25, 0.3) is 5.91 Å². The van der Waals surface area contributed by atoms with Gasteiger partial charge < -0.3 is 29.9 Å². The maximum atomic E-state index is 14.4. The molecule has 15 nitrogen and oxygen atoms in total. The monoisotopic (exact) mass is 758 g/mol. The van der Waals surface area contributed by atoms with Crippen LogP contribution in [-0.4, -0.2) is 97.4 Å². The number of carbonyl (C=O) groups is 5. The van der Waals surface area contributed by atoms with Crippen LogP contribution in [0.25, 0.3) is 0 Å². The molecule has 1 aromatic carbocycles. The van der Waals surface area contributed by atoms with E-state index >= 15 is 0 Å². The van der Waals surface area contributed by atoms with Gasteiger partial charge in [0.1, 0.15) is 29.3 Å². The fourth-order valence-electron chi connectivity index (χ4n) is 6.91. The van der Waals surface area contributed by atoms with Crippen molar-refractivity contribution < 1.29 is 41.9 Å². The van der Waals surface area contributed by atoms with Gasteiger partial charge in [-0.25, -0.2) is 18.0 Å². The van der Waals surface area contributed by atoms with Gasteiger partial charge in [0, 0.05) is 25.4 Å². The van der Waals surface area contributed by atoms with Crippen LogP contribution in [0.15, 0.2) is 36.9 Å². The average molecular weight is 759 g/mol. The molecule has 2 unspecified atom stereocenters. The maximum Gasteiger partial charge on any atom is 0.412 e. The topological polar surface area (TPSA) is 193 Å². The molecule has 0 spiro atoms. The molecule has 0 radical (unpaired) electrons. The van der Waals surface area contributed by atoms with Gasteiger partial charge in [-0.2, -0.15) is 0 Å². The Morgan fingerprint density at radius 3 is 2.23 bits per heavy atom. The summed E-state index contributed by atoms with van der Waals surface area (Å²) in [5.41, 5.74) is -1.88. The number of hydrogen-bond acceptors (Lipinski definition) is 10. The van der Waals surface area contributed by atoms with E-state index in [1.54, 1.807) is 53.7 Å². The van der Waals surface area contributed by atoms with Gasteiger partial charge in [0.2, 0.25) is 21.8 Å². The second kappa shape index (κ2) is 15.2. The molecule has 1 aromatic rings. The molecule has 5 amide bonds. The van der Waals surface area contributed by atoms with Crippen LogP contribution in [-0.2, 0) is 33.9 Å². The first-order valence-electron chi connectivity index (χ1n) is 18.4. The lowest BCUT2D eigenvalue weighted by Crippen LogP contribution is -2.60. The quantitative estimate of drug-likeness (QED) is 0.241. The minimum atomic E-state index is -3.92. The highest BCUT2D eigenvalue weighted by atomic mass is 32.2. The van der Waals surface area contributed by atoms with Crippen LogP contribution in [0.5, 0.6) is 0 Å². The lowest BCUT2D eigenvalue weighted by Gasteiger charge is -2.36. The molecule has 0 bridgehead atoms. The number of amides is 5. The van der Waals surface area contributed by atoms with Gasteiger partial charge in [-0.3, -0.25) is 24.4 Å². The van der Waals surface area contributed by atoms with E-state index in [1.807, 2.05) is 12.1 Å². The van der Waals surface area contributed by atoms with Crippen LogP contribution in [0, 0.1) is 11.3 Å². The molecule has 5 rings (SSSR count). The van der Waals surface area contributed by atoms with Crippen LogP contribution in [0.2, 0.25) is 0 Å². The third-order valence-corrected chi connectivity index (χ3v) is 11.8. The predicted molar refractivity (Wildman–Crippen MR) is 198 cm³/mol. The Balaban J connectivity index is 1.38. The Morgan fingerprint density at radius 1 is 0.981 bits per heavy atom. The average Bonchev–Trinajstić information content (AvgIpc) is 3.99. The van der Waals surface area contributed by atoms with Crippen molar-refractivity contribution in [1.29, 1.82) is 0 Å². The number of piperidine rings is 1. The number of sulfonamides is 1. The van der Waals surface area contributed by atoms with Crippen molar-refractivity contribution in [3.8, 4) is 0 Å². The Labute approximate surface area is 312 Å². The molecular weight excluding hydrogens is 705 g/mol. The molecular formula is C37H54N6O9S. The molecule has 292 valence electrons. The number of ether oxygens (including phenoxy) is 2. The maximum absolute atomic E-state index is 14.4. The molecule has 2 aliphatic heterocycles. The molecule has 2 aliphatic carbocycles. The highest BCUT2D eigenvalue weighted by Gasteiger charge is 2.62. The zero-order valence-electron chi connectivity index (χ0n) is 31.5. The minimum Gasteiger partial charge on any atom is -0.444 e. The Kier molecular flexibility index (Phi) is 11.4. The van der Waals surface area contributed by atoms with Crippen LogP contribution in [0.3, 0.4) is 0 Å². The number of anilines is 2. The van der Waals surface area contributed by atoms with Crippen molar-refractivity contribution in [3.63, 3.8) is 0 Å². The summed E-state index contributed by atoms with van der Waals surface area (Å²) < 4.78 is 38.7. The summed E-state index contributed by atoms with van der Waals surface area (Å²) >= 11 is 0. The largest absolute Gasteiger partial charge is 0.444 e. The zero-order valence-corrected chi connectivity index (χ0v) is 32.3. The van der Waals surface area contributed by atoms with E-state index < -0.39 is 85.8 Å². The van der Waals surface area contributed by atoms with Crippen LogP contribution >= 0.6 is 0 Å². The summed E-state index contributed by atoms with van der Waals surface area (Å²) in [5, 5.41) is 7.56. The van der Waals surface area contributed by atoms with Gasteiger partial charge in [-0.1, -0.05) is 39.0 Å². The number of benzene rings is 1. The molecule has 2 saturated carbocycles. The summed E-state index contributed by atoms with van der Waals surface area (Å²) in [7, 11) is -3.92. The SMILES string of the molecule is C=CC1CC1(NC(=O)[C@@H]1C[C@@H](OC(=O)Nc2ccccc2N2CCCCC2)CN1C(=O)[C@@H](NC(=O)OC(C)(C)C)C(C)(C)C)C(=O)NS(=O)(=O)C1CC1. The molecule has 16 heteroatoms. The van der Waals surface area contributed by atoms with Crippen molar-refractivity contribution in [2.75, 3.05) is 29.9 Å². The molecule has 2 saturated heterocycles. The van der Waals surface area contributed by atoms with Crippen LogP contribution in [0.1, 0.15) is 86.5 Å². The van der Waals surface area contributed by atoms with Gasteiger partial charge in [-0.15, -0.1) is 6.58 Å². The van der Waals surface area contributed by atoms with Crippen LogP contribution in [0.4, 0.5) is 21.0 Å². The van der Waals surface area contributed by atoms with E-state index in [0.717, 1.165) is 38.0 Å². The van der Waals surface area contributed by atoms with E-state index in [2.05, 4.69) is 32.2 Å². The third kappa shape index (κ3) is 9.61. The molecule has 4 N–H and O–H groups in total. The summed E-state index contributed by atoms with van der Waals surface area (Å²) in [6, 6.07) is 4.99. The van der Waals surface area contributed by atoms with Gasteiger partial charge >= 0.3 is 12.2 Å². The smallest absolute Gasteiger partial charge is 0.412 e. The summed E-state index contributed by atoms with van der Waals surface area (Å²) in [5.74, 6) is -2.80. The minimum absolute atomic E-state index is 0.110. The summed E-state index contributed by atoms with van der Waals surface area (Å²) in [4.78, 5) is 71.7. The second-order valence-electron chi connectivity index (χ2n) is 16.6. The van der Waals surface area contributed by atoms with Crippen LogP contribution < -0.4 is 25.6 Å². The third-order valence-electron chi connectivity index (χ3n) is 9.98. The van der Waals surface area contributed by atoms with Crippen molar-refractivity contribution >= 4 is 51.3 Å². The number of alkyl carbamates (subject to hydrolysis) is 1. The van der Waals surface area contributed by atoms with Gasteiger partial charge in [0.05, 0.1) is 23.2 Å². The molecule has 53 heavy (non-hydrogen) atoms. The molecule has 5 atom stereocenters. The number of nitrogens with zero attached hydrogens (tertiary/aromatic N) is 2. The lowest BCUT2D eigenvalue weighted by molar-refractivity contribution is -0.143. The van der Waals surface area contributed by atoms with E-state index in [9.17, 15) is 32.4 Å². The molecule has 4 fully saturated rings. The van der Waals surface area contributed by atoms with Crippen molar-refractivity contribution in [1.82, 2.24) is 20.3 Å². The normalized spacial score (nSPS) is 25.1. The number of carbonyl (C=O) groups excluding carboxylic acids is 5. The summed E-state index contributed by atoms with van der Waals surface area (Å²) in [6.07, 6.45) is 3.01. The molecule has 2 heterocycles. The van der Waals surface area contributed by atoms with E-state index in [0.29, 0.717) is 18.5 Å². The Morgan fingerprint density at radius 2 is 1.64 bits per heavy atom. The van der Waals surface area contributed by atoms with Gasteiger partial charge in [-0.05, 0) is 76.8 Å². The fourth-order valence-corrected chi connectivity index (χ4v) is 8.28. The van der Waals surface area contributed by atoms with E-state index in [1.165, 1.54) is 11.0 Å². The van der Waals surface area contributed by atoms with E-state index in [4.69, 9.17) is 9.47 Å². The second-order valence-corrected chi connectivity index (χ2v) is 18.5. The first kappa shape index (κ1) is 39.9. The number of para-hydroxylation sites is 2.